The topological polar surface area (TPSA) is 24.9 Å². The summed E-state index contributed by atoms with van der Waals surface area (Å²) in [5.74, 6) is 2.94. The first-order valence-corrected chi connectivity index (χ1v) is 16.1. The van der Waals surface area contributed by atoms with Gasteiger partial charge in [0, 0.05) is 39.8 Å². The van der Waals surface area contributed by atoms with Crippen LogP contribution >= 0.6 is 0 Å². The maximum Gasteiger partial charge on any atom is 0.333 e. The summed E-state index contributed by atoms with van der Waals surface area (Å²) in [7, 11) is 0. The third-order valence-corrected chi connectivity index (χ3v) is 10.4. The Labute approximate surface area is 269 Å². The highest BCUT2D eigenvalue weighted by Gasteiger charge is 2.49. The van der Waals surface area contributed by atoms with E-state index < -0.39 is 0 Å². The van der Waals surface area contributed by atoms with Gasteiger partial charge in [0.25, 0.3) is 0 Å². The standard InChI is InChI=1S/C41H31BN2O2/c1-24-20-27-26-22-37-38(46-36-19-10-9-18-35(36)45-37)23-33(26)44(31-16-7-5-12-25(31)2)42-30-15-11-14-29-40(30)43(34(21-24)39(27)42)32-17-8-6-13-28(32)41(29,3)4/h5-23H,1-4H3. The van der Waals surface area contributed by atoms with Gasteiger partial charge in [0.1, 0.15) is 0 Å². The summed E-state index contributed by atoms with van der Waals surface area (Å²) in [6, 6.07) is 41.6. The van der Waals surface area contributed by atoms with Crippen LogP contribution in [0.2, 0.25) is 0 Å². The Morgan fingerprint density at radius 2 is 1.24 bits per heavy atom. The smallest absolute Gasteiger partial charge is 0.333 e. The maximum absolute atomic E-state index is 6.51. The predicted octanol–water partition coefficient (Wildman–Crippen LogP) is 9.55. The van der Waals surface area contributed by atoms with Crippen LogP contribution < -0.4 is 30.1 Å². The molecule has 0 atom stereocenters. The second-order valence-corrected chi connectivity index (χ2v) is 13.5. The summed E-state index contributed by atoms with van der Waals surface area (Å²) >= 11 is 0. The first-order chi connectivity index (χ1) is 22.4. The van der Waals surface area contributed by atoms with Crippen molar-refractivity contribution in [3.63, 3.8) is 0 Å². The van der Waals surface area contributed by atoms with E-state index in [9.17, 15) is 0 Å². The quantitative estimate of drug-likeness (QED) is 0.177. The SMILES string of the molecule is Cc1cc2c3c(c1)N1c4ccccc4C(C)(C)c4cccc(c41)B3N(c1ccccc1C)c1cc3c(cc1-2)Oc1ccccc1O3. The molecular formula is C41H31BN2O2. The lowest BCUT2D eigenvalue weighted by Gasteiger charge is -2.50. The molecule has 0 amide bonds. The summed E-state index contributed by atoms with van der Waals surface area (Å²) in [4.78, 5) is 5.10. The number of para-hydroxylation sites is 5. The minimum Gasteiger partial charge on any atom is -0.449 e. The first-order valence-electron chi connectivity index (χ1n) is 16.1. The van der Waals surface area contributed by atoms with E-state index in [0.29, 0.717) is 0 Å². The summed E-state index contributed by atoms with van der Waals surface area (Å²) in [6.07, 6.45) is 0. The van der Waals surface area contributed by atoms with Crippen LogP contribution in [0.3, 0.4) is 0 Å². The van der Waals surface area contributed by atoms with Crippen molar-refractivity contribution in [1.82, 2.24) is 0 Å². The zero-order valence-corrected chi connectivity index (χ0v) is 26.3. The zero-order chi connectivity index (χ0) is 30.9. The third kappa shape index (κ3) is 3.25. The monoisotopic (exact) mass is 594 g/mol. The number of ether oxygens (including phenoxy) is 2. The van der Waals surface area contributed by atoms with Gasteiger partial charge >= 0.3 is 6.85 Å². The molecule has 4 aliphatic rings. The third-order valence-electron chi connectivity index (χ3n) is 10.4. The maximum atomic E-state index is 6.51. The lowest BCUT2D eigenvalue weighted by molar-refractivity contribution is 0.360. The Kier molecular flexibility index (Phi) is 4.98. The van der Waals surface area contributed by atoms with Crippen molar-refractivity contribution in [2.24, 2.45) is 0 Å². The van der Waals surface area contributed by atoms with Gasteiger partial charge in [0.15, 0.2) is 23.0 Å². The molecular weight excluding hydrogens is 563 g/mol. The van der Waals surface area contributed by atoms with Crippen molar-refractivity contribution in [3.8, 4) is 34.1 Å². The van der Waals surface area contributed by atoms with Gasteiger partial charge in [-0.25, -0.2) is 0 Å². The molecule has 4 aliphatic heterocycles. The first kappa shape index (κ1) is 25.9. The van der Waals surface area contributed by atoms with Crippen LogP contribution in [0.4, 0.5) is 28.4 Å². The Hall–Kier alpha value is -5.42. The van der Waals surface area contributed by atoms with Crippen molar-refractivity contribution in [2.75, 3.05) is 9.71 Å². The molecule has 46 heavy (non-hydrogen) atoms. The molecule has 0 aliphatic carbocycles. The molecule has 0 aromatic heterocycles. The van der Waals surface area contributed by atoms with Gasteiger partial charge in [-0.05, 0) is 89.0 Å². The highest BCUT2D eigenvalue weighted by Crippen LogP contribution is 2.56. The fraction of sp³-hybridized carbons (Fsp3) is 0.122. The summed E-state index contributed by atoms with van der Waals surface area (Å²) in [5, 5.41) is 0. The lowest BCUT2D eigenvalue weighted by atomic mass is 9.42. The van der Waals surface area contributed by atoms with E-state index in [0.717, 1.165) is 34.2 Å². The zero-order valence-electron chi connectivity index (χ0n) is 26.3. The van der Waals surface area contributed by atoms with E-state index in [1.165, 1.54) is 61.5 Å². The average Bonchev–Trinajstić information content (AvgIpc) is 3.06. The van der Waals surface area contributed by atoms with Crippen LogP contribution in [0, 0.1) is 13.8 Å². The van der Waals surface area contributed by atoms with E-state index >= 15 is 0 Å². The molecule has 0 bridgehead atoms. The van der Waals surface area contributed by atoms with Crippen molar-refractivity contribution in [2.45, 2.75) is 33.1 Å². The van der Waals surface area contributed by atoms with Gasteiger partial charge in [-0.3, -0.25) is 0 Å². The van der Waals surface area contributed by atoms with E-state index in [1.807, 2.05) is 24.3 Å². The summed E-state index contributed by atoms with van der Waals surface area (Å²) in [5.41, 5.74) is 16.1. The van der Waals surface area contributed by atoms with Gasteiger partial charge in [0.05, 0.1) is 5.69 Å². The van der Waals surface area contributed by atoms with Crippen LogP contribution in [-0.2, 0) is 5.41 Å². The number of nitrogens with zero attached hydrogens (tertiary/aromatic N) is 2. The van der Waals surface area contributed by atoms with Crippen molar-refractivity contribution in [1.29, 1.82) is 0 Å². The second kappa shape index (κ2) is 8.85. The Morgan fingerprint density at radius 1 is 0.565 bits per heavy atom. The molecule has 6 aromatic rings. The molecule has 0 spiro atoms. The van der Waals surface area contributed by atoms with E-state index in [4.69, 9.17) is 9.47 Å². The molecule has 0 fully saturated rings. The Bertz CT molecular complexity index is 2310. The number of benzene rings is 6. The van der Waals surface area contributed by atoms with Gasteiger partial charge in [-0.2, -0.15) is 0 Å². The molecule has 4 heterocycles. The molecule has 6 aromatic carbocycles. The largest absolute Gasteiger partial charge is 0.449 e. The van der Waals surface area contributed by atoms with Crippen LogP contribution in [0.15, 0.2) is 115 Å². The fourth-order valence-electron chi connectivity index (χ4n) is 8.37. The van der Waals surface area contributed by atoms with Crippen molar-refractivity contribution < 1.29 is 9.47 Å². The lowest BCUT2D eigenvalue weighted by Crippen LogP contribution is -2.62. The summed E-state index contributed by atoms with van der Waals surface area (Å²) in [6.45, 7) is 9.12. The van der Waals surface area contributed by atoms with Crippen LogP contribution in [0.25, 0.3) is 11.1 Å². The molecule has 220 valence electrons. The van der Waals surface area contributed by atoms with Gasteiger partial charge < -0.3 is 19.2 Å². The fourth-order valence-corrected chi connectivity index (χ4v) is 8.37. The molecule has 4 nitrogen and oxygen atoms in total. The number of hydrogen-bond acceptors (Lipinski definition) is 4. The van der Waals surface area contributed by atoms with Crippen LogP contribution in [0.5, 0.6) is 23.0 Å². The number of fused-ring (bicyclic) bond motifs is 8. The minimum atomic E-state index is -0.152. The number of hydrogen-bond donors (Lipinski definition) is 0. The molecule has 5 heteroatoms. The molecule has 0 saturated heterocycles. The highest BCUT2D eigenvalue weighted by molar-refractivity contribution is 6.93. The highest BCUT2D eigenvalue weighted by atomic mass is 16.6. The van der Waals surface area contributed by atoms with Crippen LogP contribution in [-0.4, -0.2) is 6.85 Å². The number of anilines is 5. The molecule has 0 N–H and O–H groups in total. The normalized spacial score (nSPS) is 15.3. The molecule has 0 unspecified atom stereocenters. The molecule has 10 rings (SSSR count). The number of aryl methyl sites for hydroxylation is 2. The van der Waals surface area contributed by atoms with Gasteiger partial charge in [0.2, 0.25) is 0 Å². The van der Waals surface area contributed by atoms with Crippen molar-refractivity contribution in [3.05, 3.63) is 138 Å². The van der Waals surface area contributed by atoms with E-state index in [1.54, 1.807) is 0 Å². The van der Waals surface area contributed by atoms with Crippen molar-refractivity contribution >= 4 is 46.2 Å². The second-order valence-electron chi connectivity index (χ2n) is 13.5. The van der Waals surface area contributed by atoms with E-state index in [2.05, 4.69) is 128 Å². The molecule has 0 saturated carbocycles. The Balaban J connectivity index is 1.33. The van der Waals surface area contributed by atoms with E-state index in [-0.39, 0.29) is 12.3 Å². The minimum absolute atomic E-state index is 0.0405. The van der Waals surface area contributed by atoms with Gasteiger partial charge in [-0.1, -0.05) is 86.6 Å². The summed E-state index contributed by atoms with van der Waals surface area (Å²) < 4.78 is 13.0. The predicted molar refractivity (Wildman–Crippen MR) is 188 cm³/mol. The molecule has 0 radical (unpaired) electrons. The average molecular weight is 595 g/mol. The van der Waals surface area contributed by atoms with Crippen LogP contribution in [0.1, 0.15) is 36.1 Å². The number of rotatable bonds is 1. The Morgan fingerprint density at radius 3 is 2.02 bits per heavy atom. The van der Waals surface area contributed by atoms with Gasteiger partial charge in [-0.15, -0.1) is 0 Å².